The van der Waals surface area contributed by atoms with Gasteiger partial charge in [-0.25, -0.2) is 0 Å². The van der Waals surface area contributed by atoms with Gasteiger partial charge in [-0.2, -0.15) is 0 Å². The quantitative estimate of drug-likeness (QED) is 0.788. The van der Waals surface area contributed by atoms with E-state index in [1.54, 1.807) is 6.92 Å². The molecule has 1 aromatic rings. The normalized spacial score (nSPS) is 33.0. The highest BCUT2D eigenvalue weighted by Gasteiger charge is 2.51. The van der Waals surface area contributed by atoms with E-state index in [9.17, 15) is 9.59 Å². The summed E-state index contributed by atoms with van der Waals surface area (Å²) in [5.74, 6) is 3.24. The first-order chi connectivity index (χ1) is 12.5. The van der Waals surface area contributed by atoms with Crippen molar-refractivity contribution >= 4 is 23.5 Å². The molecule has 4 aliphatic carbocycles. The van der Waals surface area contributed by atoms with E-state index in [1.807, 2.05) is 42.1 Å². The first-order valence-corrected chi connectivity index (χ1v) is 11.0. The average Bonchev–Trinajstić information content (AvgIpc) is 2.59. The van der Waals surface area contributed by atoms with Gasteiger partial charge < -0.3 is 5.32 Å². The Hall–Kier alpha value is -1.29. The molecular weight excluding hydrogens is 342 g/mol. The van der Waals surface area contributed by atoms with Crippen LogP contribution in [0.25, 0.3) is 0 Å². The van der Waals surface area contributed by atoms with E-state index in [4.69, 9.17) is 0 Å². The summed E-state index contributed by atoms with van der Waals surface area (Å²) in [4.78, 5) is 24.5. The third-order valence-electron chi connectivity index (χ3n) is 6.60. The number of thioether (sulfide) groups is 1. The Bertz CT molecular complexity index is 637. The third-order valence-corrected chi connectivity index (χ3v) is 8.12. The van der Waals surface area contributed by atoms with Gasteiger partial charge in [0, 0.05) is 4.75 Å². The van der Waals surface area contributed by atoms with Gasteiger partial charge in [0.25, 0.3) is 0 Å². The summed E-state index contributed by atoms with van der Waals surface area (Å²) in [5.41, 5.74) is 1.08. The summed E-state index contributed by atoms with van der Waals surface area (Å²) < 4.78 is 0.344. The van der Waals surface area contributed by atoms with Crippen molar-refractivity contribution < 1.29 is 9.59 Å². The Labute approximate surface area is 160 Å². The highest BCUT2D eigenvalue weighted by atomic mass is 32.2. The fourth-order valence-electron chi connectivity index (χ4n) is 5.81. The van der Waals surface area contributed by atoms with Crippen LogP contribution in [0, 0.1) is 17.8 Å². The number of hydrogen-bond donors (Lipinski definition) is 1. The lowest BCUT2D eigenvalue weighted by Gasteiger charge is -2.56. The lowest BCUT2D eigenvalue weighted by Crippen LogP contribution is -2.49. The molecule has 0 radical (unpaired) electrons. The predicted octanol–water partition coefficient (Wildman–Crippen LogP) is 4.00. The van der Waals surface area contributed by atoms with E-state index in [1.165, 1.54) is 38.5 Å². The van der Waals surface area contributed by atoms with E-state index in [0.717, 1.165) is 23.3 Å². The van der Waals surface area contributed by atoms with E-state index in [2.05, 4.69) is 5.32 Å². The molecular formula is C22H29NO2S. The lowest BCUT2D eigenvalue weighted by atomic mass is 9.56. The summed E-state index contributed by atoms with van der Waals surface area (Å²) >= 11 is 1.88. The molecule has 0 unspecified atom stereocenters. The number of carbonyl (C=O) groups is 2. The lowest BCUT2D eigenvalue weighted by molar-refractivity contribution is -0.125. The molecule has 4 aliphatic rings. The first-order valence-electron chi connectivity index (χ1n) is 9.99. The maximum Gasteiger partial charge on any atom is 0.230 e. The second kappa shape index (κ2) is 7.38. The second-order valence-electron chi connectivity index (χ2n) is 8.81. The van der Waals surface area contributed by atoms with E-state index < -0.39 is 6.04 Å². The van der Waals surface area contributed by atoms with E-state index >= 15 is 0 Å². The maximum atomic E-state index is 12.6. The summed E-state index contributed by atoms with van der Waals surface area (Å²) in [5, 5.41) is 2.99. The topological polar surface area (TPSA) is 46.2 Å². The van der Waals surface area contributed by atoms with Crippen molar-refractivity contribution in [2.45, 2.75) is 62.7 Å². The number of amides is 1. The zero-order valence-electron chi connectivity index (χ0n) is 15.6. The average molecular weight is 372 g/mol. The van der Waals surface area contributed by atoms with Crippen molar-refractivity contribution in [3.8, 4) is 0 Å². The molecule has 1 aromatic carbocycles. The van der Waals surface area contributed by atoms with Crippen LogP contribution in [0.4, 0.5) is 0 Å². The molecule has 4 bridgehead atoms. The molecule has 0 spiro atoms. The largest absolute Gasteiger partial charge is 0.345 e. The van der Waals surface area contributed by atoms with Crippen LogP contribution in [0.1, 0.15) is 51.0 Å². The molecule has 0 heterocycles. The highest BCUT2D eigenvalue weighted by molar-refractivity contribution is 8.01. The van der Waals surface area contributed by atoms with Crippen LogP contribution in [0.2, 0.25) is 0 Å². The molecule has 1 N–H and O–H groups in total. The number of ketones is 1. The van der Waals surface area contributed by atoms with Crippen LogP contribution in [-0.2, 0) is 16.0 Å². The minimum absolute atomic E-state index is 0.0156. The van der Waals surface area contributed by atoms with Crippen molar-refractivity contribution in [2.24, 2.45) is 17.8 Å². The molecule has 5 rings (SSSR count). The zero-order valence-corrected chi connectivity index (χ0v) is 16.4. The Balaban J connectivity index is 1.32. The summed E-state index contributed by atoms with van der Waals surface area (Å²) in [6, 6.07) is 9.50. The molecule has 4 fully saturated rings. The summed E-state index contributed by atoms with van der Waals surface area (Å²) in [6.45, 7) is 1.57. The van der Waals surface area contributed by atoms with Crippen molar-refractivity contribution in [3.63, 3.8) is 0 Å². The van der Waals surface area contributed by atoms with Gasteiger partial charge in [0.2, 0.25) is 5.91 Å². The van der Waals surface area contributed by atoms with E-state index in [-0.39, 0.29) is 11.7 Å². The minimum atomic E-state index is -0.415. The molecule has 140 valence electrons. The van der Waals surface area contributed by atoms with Crippen molar-refractivity contribution in [2.75, 3.05) is 5.75 Å². The molecule has 3 nitrogen and oxygen atoms in total. The Morgan fingerprint density at radius 1 is 1.08 bits per heavy atom. The second-order valence-corrected chi connectivity index (χ2v) is 10.3. The number of hydrogen-bond acceptors (Lipinski definition) is 3. The molecule has 1 atom stereocenters. The zero-order chi connectivity index (χ0) is 18.1. The van der Waals surface area contributed by atoms with Crippen LogP contribution in [-0.4, -0.2) is 28.2 Å². The smallest absolute Gasteiger partial charge is 0.230 e. The number of benzene rings is 1. The number of carbonyl (C=O) groups excluding carboxylic acids is 2. The minimum Gasteiger partial charge on any atom is -0.345 e. The van der Waals surface area contributed by atoms with Gasteiger partial charge in [-0.1, -0.05) is 30.3 Å². The highest BCUT2D eigenvalue weighted by Crippen LogP contribution is 2.60. The molecule has 0 aromatic heterocycles. The van der Waals surface area contributed by atoms with Crippen LogP contribution in [0.5, 0.6) is 0 Å². The van der Waals surface area contributed by atoms with Gasteiger partial charge in [-0.15, -0.1) is 11.8 Å². The first kappa shape index (κ1) is 18.1. The SMILES string of the molecule is CC(=O)[C@@H](Cc1ccccc1)NC(=O)CSC12CC3CC(CC(C3)C1)C2. The molecule has 0 saturated heterocycles. The molecule has 26 heavy (non-hydrogen) atoms. The molecule has 1 amide bonds. The number of nitrogens with one attached hydrogen (secondary N) is 1. The fraction of sp³-hybridized carbons (Fsp3) is 0.636. The molecule has 4 heteroatoms. The fourth-order valence-corrected chi connectivity index (χ4v) is 7.39. The van der Waals surface area contributed by atoms with Gasteiger partial charge in [0.05, 0.1) is 11.8 Å². The molecule has 4 saturated carbocycles. The number of Topliss-reactive ketones (excluding diaryl/α,β-unsaturated/α-hetero) is 1. The van der Waals surface area contributed by atoms with Gasteiger partial charge in [0.15, 0.2) is 5.78 Å². The summed E-state index contributed by atoms with van der Waals surface area (Å²) in [7, 11) is 0. The van der Waals surface area contributed by atoms with Crippen LogP contribution >= 0.6 is 11.8 Å². The van der Waals surface area contributed by atoms with Crippen molar-refractivity contribution in [1.29, 1.82) is 0 Å². The standard InChI is InChI=1S/C22H29NO2S/c1-15(24)20(10-16-5-3-2-4-6-16)23-21(25)14-26-22-11-17-7-18(12-22)9-19(8-17)13-22/h2-6,17-20H,7-14H2,1H3,(H,23,25)/t17?,18?,19?,20-,22?/m1/s1. The van der Waals surface area contributed by atoms with Gasteiger partial charge in [0.1, 0.15) is 0 Å². The number of rotatable bonds is 7. The molecule has 0 aliphatic heterocycles. The maximum absolute atomic E-state index is 12.6. The van der Waals surface area contributed by atoms with Crippen molar-refractivity contribution in [3.05, 3.63) is 35.9 Å². The van der Waals surface area contributed by atoms with Crippen LogP contribution in [0.3, 0.4) is 0 Å². The van der Waals surface area contributed by atoms with Crippen molar-refractivity contribution in [1.82, 2.24) is 5.32 Å². The Kier molecular flexibility index (Phi) is 5.13. The van der Waals surface area contributed by atoms with Gasteiger partial charge in [-0.3, -0.25) is 9.59 Å². The summed E-state index contributed by atoms with van der Waals surface area (Å²) in [6.07, 6.45) is 8.76. The van der Waals surface area contributed by atoms with Crippen LogP contribution in [0.15, 0.2) is 30.3 Å². The Morgan fingerprint density at radius 3 is 2.19 bits per heavy atom. The Morgan fingerprint density at radius 2 is 1.65 bits per heavy atom. The van der Waals surface area contributed by atoms with Crippen LogP contribution < -0.4 is 5.32 Å². The van der Waals surface area contributed by atoms with Gasteiger partial charge >= 0.3 is 0 Å². The van der Waals surface area contributed by atoms with Gasteiger partial charge in [-0.05, 0) is 75.2 Å². The van der Waals surface area contributed by atoms with E-state index in [0.29, 0.717) is 16.9 Å². The third kappa shape index (κ3) is 4.00. The monoisotopic (exact) mass is 371 g/mol. The predicted molar refractivity (Wildman–Crippen MR) is 106 cm³/mol.